The fraction of sp³-hybridized carbons (Fsp3) is 0.652. The number of nitrogen functional groups attached to an aromatic ring is 1. The second-order valence-corrected chi connectivity index (χ2v) is 13.3. The van der Waals surface area contributed by atoms with Crippen LogP contribution in [0.1, 0.15) is 32.6 Å². The lowest BCUT2D eigenvalue weighted by Gasteiger charge is -2.36. The van der Waals surface area contributed by atoms with Gasteiger partial charge in [-0.2, -0.15) is 4.31 Å². The van der Waals surface area contributed by atoms with Gasteiger partial charge in [-0.05, 0) is 42.9 Å². The average molecular weight is 539 g/mol. The zero-order valence-corrected chi connectivity index (χ0v) is 21.6. The maximum atomic E-state index is 13.6. The second kappa shape index (κ2) is 9.07. The number of carbonyl (C=O) groups excluding carboxylic acids is 1. The van der Waals surface area contributed by atoms with Crippen LogP contribution in [0.5, 0.6) is 0 Å². The van der Waals surface area contributed by atoms with Crippen molar-refractivity contribution in [1.82, 2.24) is 14.6 Å². The van der Waals surface area contributed by atoms with Crippen molar-refractivity contribution in [3.05, 3.63) is 18.2 Å². The van der Waals surface area contributed by atoms with Crippen LogP contribution in [0, 0.1) is 5.41 Å². The number of nitrogens with zero attached hydrogens (tertiary/aromatic N) is 2. The summed E-state index contributed by atoms with van der Waals surface area (Å²) < 4.78 is 52.2. The van der Waals surface area contributed by atoms with Crippen molar-refractivity contribution in [2.75, 3.05) is 32.0 Å². The molecule has 4 aliphatic rings. The molecule has 5 unspecified atom stereocenters. The predicted octanol–water partition coefficient (Wildman–Crippen LogP) is 2.07. The number of ether oxygens (including phenoxy) is 4. The summed E-state index contributed by atoms with van der Waals surface area (Å²) >= 11 is 1.26. The molecule has 1 aliphatic carbocycles. The Morgan fingerprint density at radius 3 is 2.94 bits per heavy atom. The molecule has 1 amide bonds. The van der Waals surface area contributed by atoms with Crippen molar-refractivity contribution in [2.45, 2.75) is 68.2 Å². The highest BCUT2D eigenvalue weighted by Gasteiger charge is 2.55. The first-order valence-corrected chi connectivity index (χ1v) is 14.5. The fourth-order valence-electron chi connectivity index (χ4n) is 5.08. The number of nitrogens with two attached hydrogens (primary N) is 1. The van der Waals surface area contributed by atoms with E-state index in [0.29, 0.717) is 36.6 Å². The Hall–Kier alpha value is -2.03. The van der Waals surface area contributed by atoms with Crippen molar-refractivity contribution in [3.63, 3.8) is 0 Å². The number of sulfonamides is 1. The molecule has 4 fully saturated rings. The van der Waals surface area contributed by atoms with E-state index in [2.05, 4.69) is 17.2 Å². The summed E-state index contributed by atoms with van der Waals surface area (Å²) in [5, 5.41) is 3.15. The largest absolute Gasteiger partial charge is 0.441 e. The number of nitrogens with one attached hydrogen (secondary N) is 1. The quantitative estimate of drug-likeness (QED) is 0.459. The van der Waals surface area contributed by atoms with Gasteiger partial charge in [-0.15, -0.1) is 0 Å². The molecule has 0 radical (unpaired) electrons. The van der Waals surface area contributed by atoms with E-state index in [1.807, 2.05) is 0 Å². The lowest BCUT2D eigenvalue weighted by molar-refractivity contribution is -0.226. The molecule has 11 nitrogen and oxygen atoms in total. The Kier molecular flexibility index (Phi) is 6.12. The van der Waals surface area contributed by atoms with Gasteiger partial charge in [0, 0.05) is 26.1 Å². The minimum Gasteiger partial charge on any atom is -0.441 e. The van der Waals surface area contributed by atoms with Crippen LogP contribution in [-0.2, 0) is 29.0 Å². The molecule has 2 aromatic rings. The van der Waals surface area contributed by atoms with E-state index < -0.39 is 22.2 Å². The first-order valence-electron chi connectivity index (χ1n) is 12.2. The summed E-state index contributed by atoms with van der Waals surface area (Å²) in [6.45, 7) is 3.42. The molecule has 1 aromatic carbocycles. The van der Waals surface area contributed by atoms with E-state index in [0.717, 1.165) is 17.5 Å². The van der Waals surface area contributed by atoms with E-state index >= 15 is 0 Å². The number of amides is 1. The van der Waals surface area contributed by atoms with Gasteiger partial charge in [-0.3, -0.25) is 0 Å². The Balaban J connectivity index is 1.06. The normalized spacial score (nSPS) is 30.1. The van der Waals surface area contributed by atoms with Crippen molar-refractivity contribution in [2.24, 2.45) is 5.41 Å². The smallest absolute Gasteiger partial charge is 0.407 e. The van der Waals surface area contributed by atoms with Gasteiger partial charge in [-0.1, -0.05) is 18.3 Å². The highest BCUT2D eigenvalue weighted by molar-refractivity contribution is 7.89. The third-order valence-corrected chi connectivity index (χ3v) is 10.0. The summed E-state index contributed by atoms with van der Waals surface area (Å²) in [6.07, 6.45) is 0.963. The van der Waals surface area contributed by atoms with Crippen molar-refractivity contribution in [1.29, 1.82) is 0 Å². The van der Waals surface area contributed by atoms with E-state index in [-0.39, 0.29) is 48.0 Å². The number of thiazole rings is 1. The van der Waals surface area contributed by atoms with E-state index in [1.165, 1.54) is 15.6 Å². The van der Waals surface area contributed by atoms with Gasteiger partial charge in [0.2, 0.25) is 10.0 Å². The van der Waals surface area contributed by atoms with E-state index in [9.17, 15) is 13.2 Å². The number of hydrogen-bond donors (Lipinski definition) is 2. The highest BCUT2D eigenvalue weighted by Crippen LogP contribution is 2.46. The van der Waals surface area contributed by atoms with Gasteiger partial charge in [-0.25, -0.2) is 18.2 Å². The number of anilines is 1. The summed E-state index contributed by atoms with van der Waals surface area (Å²) in [5.74, 6) is 0. The summed E-state index contributed by atoms with van der Waals surface area (Å²) in [5.41, 5.74) is 6.45. The zero-order chi connectivity index (χ0) is 25.1. The van der Waals surface area contributed by atoms with Gasteiger partial charge < -0.3 is 30.0 Å². The molecule has 1 aromatic heterocycles. The summed E-state index contributed by atoms with van der Waals surface area (Å²) in [6, 6.07) is 4.90. The molecule has 5 atom stereocenters. The molecule has 3 saturated heterocycles. The number of fused-ring (bicyclic) bond motifs is 3. The summed E-state index contributed by atoms with van der Waals surface area (Å²) in [4.78, 5) is 16.9. The first-order chi connectivity index (χ1) is 17.2. The number of alkyl carbamates (subject to hydrolysis) is 1. The van der Waals surface area contributed by atoms with Gasteiger partial charge in [0.1, 0.15) is 18.3 Å². The highest BCUT2D eigenvalue weighted by atomic mass is 32.2. The average Bonchev–Trinajstić information content (AvgIpc) is 3.32. The topological polar surface area (TPSA) is 142 Å². The van der Waals surface area contributed by atoms with Crippen molar-refractivity contribution in [3.8, 4) is 0 Å². The molecular weight excluding hydrogens is 508 g/mol. The number of hydrogen-bond acceptors (Lipinski definition) is 10. The van der Waals surface area contributed by atoms with Crippen LogP contribution in [0.15, 0.2) is 23.1 Å². The van der Waals surface area contributed by atoms with Crippen LogP contribution in [0.25, 0.3) is 10.2 Å². The zero-order valence-electron chi connectivity index (χ0n) is 19.9. The lowest BCUT2D eigenvalue weighted by Crippen LogP contribution is -2.52. The number of rotatable bonds is 9. The molecule has 3 N–H and O–H groups in total. The van der Waals surface area contributed by atoms with Crippen LogP contribution in [0.4, 0.5) is 9.93 Å². The standard InChI is InChI=1S/C23H30N4O7S2/c1-23(5-6-23)12-27(36(29,30)13-3-4-14-18(9-13)35-21(24)26-14)8-2-7-25-22(28)34-19-15-10-16-20(33-15)31-11-17(19)32-16/h3-4,9,15-17,19-20H,2,5-8,10-12H2,1H3,(H2,24,26)(H,25,28). The maximum absolute atomic E-state index is 13.6. The molecular formula is C23H30N4O7S2. The van der Waals surface area contributed by atoms with E-state index in [1.54, 1.807) is 18.2 Å². The maximum Gasteiger partial charge on any atom is 0.407 e. The first kappa shape index (κ1) is 24.3. The number of carbonyl (C=O) groups is 1. The Morgan fingerprint density at radius 1 is 1.31 bits per heavy atom. The van der Waals surface area contributed by atoms with Gasteiger partial charge >= 0.3 is 6.09 Å². The van der Waals surface area contributed by atoms with Crippen LogP contribution in [0.2, 0.25) is 0 Å². The van der Waals surface area contributed by atoms with Gasteiger partial charge in [0.15, 0.2) is 17.5 Å². The molecule has 3 bridgehead atoms. The van der Waals surface area contributed by atoms with Crippen LogP contribution in [0.3, 0.4) is 0 Å². The molecule has 0 spiro atoms. The minimum atomic E-state index is -3.73. The fourth-order valence-corrected chi connectivity index (χ4v) is 7.58. The number of aromatic nitrogens is 1. The third-order valence-electron chi connectivity index (χ3n) is 7.36. The van der Waals surface area contributed by atoms with Gasteiger partial charge in [0.05, 0.1) is 21.7 Å². The van der Waals surface area contributed by atoms with E-state index in [4.69, 9.17) is 24.7 Å². The molecule has 4 heterocycles. The molecule has 13 heteroatoms. The molecule has 6 rings (SSSR count). The van der Waals surface area contributed by atoms with Crippen LogP contribution < -0.4 is 11.1 Å². The Labute approximate surface area is 213 Å². The predicted molar refractivity (Wildman–Crippen MR) is 131 cm³/mol. The third kappa shape index (κ3) is 4.68. The van der Waals surface area contributed by atoms with Gasteiger partial charge in [0.25, 0.3) is 0 Å². The molecule has 1 saturated carbocycles. The molecule has 3 aliphatic heterocycles. The SMILES string of the molecule is CC1(CN(CCCNC(=O)OC2C3COC4OC2CC4O3)S(=O)(=O)c2ccc3nc(N)sc3c2)CC1. The minimum absolute atomic E-state index is 0.0141. The van der Waals surface area contributed by atoms with Crippen LogP contribution in [-0.4, -0.2) is 80.7 Å². The monoisotopic (exact) mass is 538 g/mol. The van der Waals surface area contributed by atoms with Crippen molar-refractivity contribution >= 4 is 42.8 Å². The second-order valence-electron chi connectivity index (χ2n) is 10.3. The number of benzene rings is 1. The lowest BCUT2D eigenvalue weighted by atomic mass is 9.99. The molecule has 196 valence electrons. The van der Waals surface area contributed by atoms with Crippen molar-refractivity contribution < 1.29 is 32.2 Å². The Morgan fingerprint density at radius 2 is 2.14 bits per heavy atom. The van der Waals surface area contributed by atoms with Crippen LogP contribution >= 0.6 is 11.3 Å². The Bertz CT molecular complexity index is 1260. The molecule has 36 heavy (non-hydrogen) atoms. The summed E-state index contributed by atoms with van der Waals surface area (Å²) in [7, 11) is -3.73.